The van der Waals surface area contributed by atoms with Crippen LogP contribution in [0.15, 0.2) is 18.3 Å². The van der Waals surface area contributed by atoms with Gasteiger partial charge >= 0.3 is 6.09 Å². The summed E-state index contributed by atoms with van der Waals surface area (Å²) in [6.45, 7) is 0. The standard InChI is InChI=1S/C12H13N7O2S/c1-17(2)11-13-6-8(22-11)7-4-5-9-14-15-10(19(9)16-7)18(3)12(20)21/h4-6H,1-3H3,(H,20,21). The highest BCUT2D eigenvalue weighted by atomic mass is 32.1. The molecule has 0 bridgehead atoms. The van der Waals surface area contributed by atoms with E-state index >= 15 is 0 Å². The van der Waals surface area contributed by atoms with Crippen molar-refractivity contribution in [1.82, 2.24) is 24.8 Å². The molecule has 0 aliphatic carbocycles. The van der Waals surface area contributed by atoms with E-state index < -0.39 is 6.09 Å². The van der Waals surface area contributed by atoms with Crippen LogP contribution in [0, 0.1) is 0 Å². The molecule has 3 aromatic heterocycles. The highest BCUT2D eigenvalue weighted by Gasteiger charge is 2.17. The largest absolute Gasteiger partial charge is 0.465 e. The first-order chi connectivity index (χ1) is 10.5. The normalized spacial score (nSPS) is 10.9. The number of carbonyl (C=O) groups is 1. The molecule has 0 aliphatic heterocycles. The Morgan fingerprint density at radius 2 is 2.05 bits per heavy atom. The van der Waals surface area contributed by atoms with E-state index in [9.17, 15) is 4.79 Å². The van der Waals surface area contributed by atoms with Gasteiger partial charge in [-0.25, -0.2) is 14.7 Å². The molecular weight excluding hydrogens is 306 g/mol. The summed E-state index contributed by atoms with van der Waals surface area (Å²) in [7, 11) is 5.22. The Hall–Kier alpha value is -2.75. The van der Waals surface area contributed by atoms with Gasteiger partial charge in [0, 0.05) is 27.3 Å². The molecule has 22 heavy (non-hydrogen) atoms. The molecule has 3 rings (SSSR count). The lowest BCUT2D eigenvalue weighted by atomic mass is 10.3. The SMILES string of the molecule is CN(C)c1ncc(-c2ccc3nnc(N(C)C(=O)O)n3n2)s1. The van der Waals surface area contributed by atoms with Crippen LogP contribution in [0.25, 0.3) is 16.2 Å². The van der Waals surface area contributed by atoms with Gasteiger partial charge in [0.1, 0.15) is 5.69 Å². The second kappa shape index (κ2) is 5.22. The second-order valence-corrected chi connectivity index (χ2v) is 5.74. The summed E-state index contributed by atoms with van der Waals surface area (Å²) < 4.78 is 1.40. The molecule has 0 saturated carbocycles. The molecule has 0 aromatic carbocycles. The maximum Gasteiger partial charge on any atom is 0.414 e. The number of thiazole rings is 1. The van der Waals surface area contributed by atoms with E-state index in [1.807, 2.05) is 25.1 Å². The van der Waals surface area contributed by atoms with Crippen LogP contribution in [0.1, 0.15) is 0 Å². The third-order valence-corrected chi connectivity index (χ3v) is 4.15. The number of amides is 1. The van der Waals surface area contributed by atoms with Crippen LogP contribution in [0.3, 0.4) is 0 Å². The first-order valence-electron chi connectivity index (χ1n) is 6.30. The Morgan fingerprint density at radius 3 is 2.68 bits per heavy atom. The van der Waals surface area contributed by atoms with Gasteiger partial charge in [0.25, 0.3) is 5.95 Å². The van der Waals surface area contributed by atoms with Crippen molar-refractivity contribution in [2.24, 2.45) is 0 Å². The molecule has 0 saturated heterocycles. The summed E-state index contributed by atoms with van der Waals surface area (Å²) in [5.74, 6) is 0.140. The number of anilines is 2. The lowest BCUT2D eigenvalue weighted by Crippen LogP contribution is -2.26. The van der Waals surface area contributed by atoms with E-state index in [2.05, 4.69) is 20.3 Å². The van der Waals surface area contributed by atoms with Gasteiger partial charge in [-0.2, -0.15) is 9.61 Å². The molecule has 1 N–H and O–H groups in total. The van der Waals surface area contributed by atoms with Crippen molar-refractivity contribution in [2.45, 2.75) is 0 Å². The van der Waals surface area contributed by atoms with Crippen LogP contribution in [-0.2, 0) is 0 Å². The predicted molar refractivity (Wildman–Crippen MR) is 82.6 cm³/mol. The van der Waals surface area contributed by atoms with Crippen LogP contribution < -0.4 is 9.80 Å². The van der Waals surface area contributed by atoms with Crippen molar-refractivity contribution in [3.63, 3.8) is 0 Å². The van der Waals surface area contributed by atoms with Gasteiger partial charge in [-0.1, -0.05) is 11.3 Å². The first kappa shape index (κ1) is 14.2. The molecule has 0 fully saturated rings. The number of rotatable bonds is 3. The van der Waals surface area contributed by atoms with Crippen LogP contribution in [0.2, 0.25) is 0 Å². The molecule has 0 radical (unpaired) electrons. The fraction of sp³-hybridized carbons (Fsp3) is 0.250. The van der Waals surface area contributed by atoms with Crippen molar-refractivity contribution in [3.05, 3.63) is 18.3 Å². The minimum Gasteiger partial charge on any atom is -0.465 e. The zero-order chi connectivity index (χ0) is 15.9. The summed E-state index contributed by atoms with van der Waals surface area (Å²) in [6.07, 6.45) is 0.605. The summed E-state index contributed by atoms with van der Waals surface area (Å²) in [5, 5.41) is 22.1. The van der Waals surface area contributed by atoms with E-state index in [1.165, 1.54) is 22.9 Å². The number of nitrogens with zero attached hydrogens (tertiary/aromatic N) is 7. The van der Waals surface area contributed by atoms with E-state index in [-0.39, 0.29) is 5.95 Å². The molecule has 3 heterocycles. The molecule has 3 aromatic rings. The number of hydrogen-bond donors (Lipinski definition) is 1. The van der Waals surface area contributed by atoms with E-state index in [1.54, 1.807) is 12.3 Å². The Kier molecular flexibility index (Phi) is 3.37. The van der Waals surface area contributed by atoms with Crippen molar-refractivity contribution < 1.29 is 9.90 Å². The maximum absolute atomic E-state index is 11.1. The van der Waals surface area contributed by atoms with Crippen molar-refractivity contribution >= 4 is 34.2 Å². The van der Waals surface area contributed by atoms with Gasteiger partial charge in [0.15, 0.2) is 10.8 Å². The van der Waals surface area contributed by atoms with Gasteiger partial charge in [-0.3, -0.25) is 0 Å². The maximum atomic E-state index is 11.1. The zero-order valence-electron chi connectivity index (χ0n) is 12.1. The first-order valence-corrected chi connectivity index (χ1v) is 7.11. The molecule has 0 aliphatic rings. The summed E-state index contributed by atoms with van der Waals surface area (Å²) in [4.78, 5) is 19.1. The number of hydrogen-bond acceptors (Lipinski definition) is 7. The molecule has 0 atom stereocenters. The van der Waals surface area contributed by atoms with E-state index in [0.717, 1.165) is 14.9 Å². The second-order valence-electron chi connectivity index (χ2n) is 4.73. The van der Waals surface area contributed by atoms with Crippen LogP contribution in [0.4, 0.5) is 15.9 Å². The molecule has 10 heteroatoms. The minimum atomic E-state index is -1.13. The lowest BCUT2D eigenvalue weighted by Gasteiger charge is -2.09. The molecular formula is C12H13N7O2S. The number of fused-ring (bicyclic) bond motifs is 1. The van der Waals surface area contributed by atoms with Crippen LogP contribution >= 0.6 is 11.3 Å². The van der Waals surface area contributed by atoms with Gasteiger partial charge < -0.3 is 10.0 Å². The Bertz CT molecular complexity index is 841. The molecule has 1 amide bonds. The molecule has 0 spiro atoms. The number of aromatic nitrogens is 5. The fourth-order valence-electron chi connectivity index (χ4n) is 1.79. The molecule has 114 valence electrons. The minimum absolute atomic E-state index is 0.140. The zero-order valence-corrected chi connectivity index (χ0v) is 12.9. The van der Waals surface area contributed by atoms with Crippen LogP contribution in [0.5, 0.6) is 0 Å². The van der Waals surface area contributed by atoms with Crippen molar-refractivity contribution in [3.8, 4) is 10.6 Å². The summed E-state index contributed by atoms with van der Waals surface area (Å²) in [6, 6.07) is 3.55. The van der Waals surface area contributed by atoms with Crippen molar-refractivity contribution in [1.29, 1.82) is 0 Å². The molecule has 9 nitrogen and oxygen atoms in total. The summed E-state index contributed by atoms with van der Waals surface area (Å²) >= 11 is 1.49. The van der Waals surface area contributed by atoms with Crippen LogP contribution in [-0.4, -0.2) is 57.1 Å². The Labute approximate surface area is 129 Å². The fourth-order valence-corrected chi connectivity index (χ4v) is 2.60. The summed E-state index contributed by atoms with van der Waals surface area (Å²) in [5.41, 5.74) is 1.15. The van der Waals surface area contributed by atoms with E-state index in [0.29, 0.717) is 11.3 Å². The van der Waals surface area contributed by atoms with E-state index in [4.69, 9.17) is 5.11 Å². The average molecular weight is 319 g/mol. The third kappa shape index (κ3) is 2.33. The van der Waals surface area contributed by atoms with Crippen molar-refractivity contribution in [2.75, 3.05) is 30.9 Å². The Balaban J connectivity index is 2.08. The van der Waals surface area contributed by atoms with Gasteiger partial charge in [0.05, 0.1) is 4.88 Å². The smallest absolute Gasteiger partial charge is 0.414 e. The lowest BCUT2D eigenvalue weighted by molar-refractivity contribution is 0.203. The third-order valence-electron chi connectivity index (χ3n) is 2.96. The average Bonchev–Trinajstić information content (AvgIpc) is 3.12. The predicted octanol–water partition coefficient (Wildman–Crippen LogP) is 1.43. The molecule has 0 unspecified atom stereocenters. The van der Waals surface area contributed by atoms with Gasteiger partial charge in [0.2, 0.25) is 0 Å². The topological polar surface area (TPSA) is 99.8 Å². The quantitative estimate of drug-likeness (QED) is 0.779. The highest BCUT2D eigenvalue weighted by molar-refractivity contribution is 7.18. The monoisotopic (exact) mass is 319 g/mol. The highest BCUT2D eigenvalue weighted by Crippen LogP contribution is 2.29. The van der Waals surface area contributed by atoms with Gasteiger partial charge in [-0.05, 0) is 12.1 Å². The Morgan fingerprint density at radius 1 is 1.27 bits per heavy atom. The van der Waals surface area contributed by atoms with Gasteiger partial charge in [-0.15, -0.1) is 10.2 Å². The number of carboxylic acid groups (broad SMARTS) is 1.